The molecular formula is C31H37F3N4O5. The SMILES string of the molecule is COCC1=C(C(=O)OC)[C@H](c2ccc(F)c(F)c2)N(C(=O)N[C@@H]2CCN(C3CCC(O)(c4ccccc4F)CC3)C2)CN1. The van der Waals surface area contributed by atoms with E-state index in [4.69, 9.17) is 9.47 Å². The van der Waals surface area contributed by atoms with E-state index in [2.05, 4.69) is 15.5 Å². The molecule has 0 spiro atoms. The van der Waals surface area contributed by atoms with E-state index in [0.29, 0.717) is 49.9 Å². The molecule has 2 fully saturated rings. The van der Waals surface area contributed by atoms with Gasteiger partial charge in [0.05, 0.1) is 43.3 Å². The number of urea groups is 1. The van der Waals surface area contributed by atoms with Crippen LogP contribution in [-0.2, 0) is 19.9 Å². The molecule has 12 heteroatoms. The maximum Gasteiger partial charge on any atom is 0.338 e. The van der Waals surface area contributed by atoms with E-state index in [0.717, 1.165) is 18.7 Å². The van der Waals surface area contributed by atoms with E-state index in [9.17, 15) is 27.9 Å². The second kappa shape index (κ2) is 12.9. The molecule has 0 radical (unpaired) electrons. The molecular weight excluding hydrogens is 565 g/mol. The minimum atomic E-state index is -1.20. The standard InChI is InChI=1S/C31H37F3N4O5/c1-42-17-26-27(29(39)43-2)28(19-7-8-24(33)25(34)15-19)38(18-35-26)30(40)36-20-11-14-37(16-20)21-9-12-31(41,13-10-21)22-5-3-4-6-23(22)32/h3-8,15,20-21,28,35,41H,9-14,16-18H2,1-2H3,(H,36,40)/t20-,21?,28+,31?/m1/s1. The highest BCUT2D eigenvalue weighted by Crippen LogP contribution is 2.40. The summed E-state index contributed by atoms with van der Waals surface area (Å²) in [6.45, 7) is 1.33. The first-order chi connectivity index (χ1) is 20.6. The largest absolute Gasteiger partial charge is 0.466 e. The minimum Gasteiger partial charge on any atom is -0.466 e. The number of nitrogens with one attached hydrogen (secondary N) is 2. The molecule has 2 aromatic rings. The van der Waals surface area contributed by atoms with Gasteiger partial charge in [-0.3, -0.25) is 9.80 Å². The number of rotatable bonds is 7. The second-order valence-corrected chi connectivity index (χ2v) is 11.4. The number of hydrogen-bond donors (Lipinski definition) is 3. The van der Waals surface area contributed by atoms with Crippen molar-refractivity contribution >= 4 is 12.0 Å². The number of halogens is 3. The second-order valence-electron chi connectivity index (χ2n) is 11.4. The van der Waals surface area contributed by atoms with Crippen molar-refractivity contribution in [3.05, 3.63) is 82.3 Å². The molecule has 2 aromatic carbocycles. The first-order valence-corrected chi connectivity index (χ1v) is 14.4. The Morgan fingerprint density at radius 3 is 2.47 bits per heavy atom. The number of esters is 1. The summed E-state index contributed by atoms with van der Waals surface area (Å²) in [5.74, 6) is -3.28. The van der Waals surface area contributed by atoms with Gasteiger partial charge >= 0.3 is 12.0 Å². The summed E-state index contributed by atoms with van der Waals surface area (Å²) < 4.78 is 52.7. The molecule has 232 valence electrons. The van der Waals surface area contributed by atoms with Gasteiger partial charge in [-0.2, -0.15) is 0 Å². The molecule has 2 amide bonds. The van der Waals surface area contributed by atoms with Crippen LogP contribution < -0.4 is 10.6 Å². The van der Waals surface area contributed by atoms with Crippen molar-refractivity contribution < 1.29 is 37.3 Å². The van der Waals surface area contributed by atoms with Gasteiger partial charge in [0.1, 0.15) is 5.82 Å². The number of hydrogen-bond acceptors (Lipinski definition) is 7. The number of methoxy groups -OCH3 is 2. The van der Waals surface area contributed by atoms with Gasteiger partial charge in [0.15, 0.2) is 11.6 Å². The highest BCUT2D eigenvalue weighted by Gasteiger charge is 2.42. The molecule has 2 heterocycles. The number of carbonyl (C=O) groups excluding carboxylic acids is 2. The monoisotopic (exact) mass is 602 g/mol. The van der Waals surface area contributed by atoms with Crippen molar-refractivity contribution in [1.82, 2.24) is 20.4 Å². The maximum atomic E-state index is 14.4. The summed E-state index contributed by atoms with van der Waals surface area (Å²) >= 11 is 0. The van der Waals surface area contributed by atoms with E-state index in [-0.39, 0.29) is 36.5 Å². The quantitative estimate of drug-likeness (QED) is 0.416. The summed E-state index contributed by atoms with van der Waals surface area (Å²) in [4.78, 5) is 30.2. The predicted molar refractivity (Wildman–Crippen MR) is 151 cm³/mol. The third-order valence-electron chi connectivity index (χ3n) is 8.81. The van der Waals surface area contributed by atoms with Crippen LogP contribution in [-0.4, -0.2) is 79.6 Å². The predicted octanol–water partition coefficient (Wildman–Crippen LogP) is 3.70. The summed E-state index contributed by atoms with van der Waals surface area (Å²) in [7, 11) is 2.66. The number of amides is 2. The van der Waals surface area contributed by atoms with Gasteiger partial charge in [0, 0.05) is 37.8 Å². The molecule has 2 atom stereocenters. The Morgan fingerprint density at radius 1 is 1.05 bits per heavy atom. The summed E-state index contributed by atoms with van der Waals surface area (Å²) in [5, 5.41) is 17.3. The summed E-state index contributed by atoms with van der Waals surface area (Å²) in [6, 6.07) is 8.06. The van der Waals surface area contributed by atoms with Crippen LogP contribution in [0.5, 0.6) is 0 Å². The molecule has 0 unspecified atom stereocenters. The molecule has 0 aromatic heterocycles. The summed E-state index contributed by atoms with van der Waals surface area (Å²) in [6.07, 6.45) is 2.94. The van der Waals surface area contributed by atoms with Gasteiger partial charge in [-0.1, -0.05) is 24.3 Å². The van der Waals surface area contributed by atoms with Crippen LogP contribution in [0, 0.1) is 17.5 Å². The van der Waals surface area contributed by atoms with Crippen LogP contribution in [0.15, 0.2) is 53.7 Å². The fraction of sp³-hybridized carbons (Fsp3) is 0.484. The number of aliphatic hydroxyl groups is 1. The topological polar surface area (TPSA) is 103 Å². The highest BCUT2D eigenvalue weighted by atomic mass is 19.2. The smallest absolute Gasteiger partial charge is 0.338 e. The van der Waals surface area contributed by atoms with E-state index < -0.39 is 41.1 Å². The molecule has 3 aliphatic rings. The molecule has 9 nitrogen and oxygen atoms in total. The molecule has 1 aliphatic carbocycles. The number of ether oxygens (including phenoxy) is 2. The Balaban J connectivity index is 1.28. The van der Waals surface area contributed by atoms with Gasteiger partial charge in [-0.15, -0.1) is 0 Å². The Labute approximate surface area is 248 Å². The molecule has 1 saturated heterocycles. The molecule has 1 saturated carbocycles. The van der Waals surface area contributed by atoms with Crippen molar-refractivity contribution in [2.45, 2.75) is 55.8 Å². The zero-order valence-electron chi connectivity index (χ0n) is 24.2. The van der Waals surface area contributed by atoms with Gasteiger partial charge in [-0.25, -0.2) is 22.8 Å². The first-order valence-electron chi connectivity index (χ1n) is 14.4. The lowest BCUT2D eigenvalue weighted by molar-refractivity contribution is -0.137. The maximum absolute atomic E-state index is 14.4. The van der Waals surface area contributed by atoms with Crippen LogP contribution in [0.25, 0.3) is 0 Å². The lowest BCUT2D eigenvalue weighted by atomic mass is 9.77. The third kappa shape index (κ3) is 6.36. The van der Waals surface area contributed by atoms with Gasteiger partial charge in [-0.05, 0) is 55.9 Å². The summed E-state index contributed by atoms with van der Waals surface area (Å²) in [5.41, 5.74) is -0.207. The van der Waals surface area contributed by atoms with Gasteiger partial charge in [0.25, 0.3) is 0 Å². The Kier molecular flexibility index (Phi) is 9.28. The fourth-order valence-corrected chi connectivity index (χ4v) is 6.57. The van der Waals surface area contributed by atoms with Crippen LogP contribution >= 0.6 is 0 Å². The van der Waals surface area contributed by atoms with Crippen molar-refractivity contribution in [3.63, 3.8) is 0 Å². The van der Waals surface area contributed by atoms with Crippen LogP contribution in [0.4, 0.5) is 18.0 Å². The molecule has 43 heavy (non-hydrogen) atoms. The Bertz CT molecular complexity index is 1380. The number of benzene rings is 2. The van der Waals surface area contributed by atoms with Crippen molar-refractivity contribution in [1.29, 1.82) is 0 Å². The van der Waals surface area contributed by atoms with E-state index in [1.54, 1.807) is 18.2 Å². The van der Waals surface area contributed by atoms with E-state index in [1.807, 2.05) is 0 Å². The number of nitrogens with zero attached hydrogens (tertiary/aromatic N) is 2. The molecule has 5 rings (SSSR count). The zero-order valence-corrected chi connectivity index (χ0v) is 24.2. The van der Waals surface area contributed by atoms with E-state index in [1.165, 1.54) is 31.3 Å². The normalized spacial score (nSPS) is 26.3. The minimum absolute atomic E-state index is 0.0115. The van der Waals surface area contributed by atoms with Crippen molar-refractivity contribution in [2.24, 2.45) is 0 Å². The lowest BCUT2D eigenvalue weighted by Gasteiger charge is -2.40. The molecule has 2 aliphatic heterocycles. The van der Waals surface area contributed by atoms with Crippen LogP contribution in [0.1, 0.15) is 49.3 Å². The number of carbonyl (C=O) groups is 2. The molecule has 3 N–H and O–H groups in total. The van der Waals surface area contributed by atoms with E-state index >= 15 is 0 Å². The van der Waals surface area contributed by atoms with Crippen LogP contribution in [0.2, 0.25) is 0 Å². The molecule has 0 bridgehead atoms. The fourth-order valence-electron chi connectivity index (χ4n) is 6.57. The average Bonchev–Trinajstić information content (AvgIpc) is 3.46. The third-order valence-corrected chi connectivity index (χ3v) is 8.81. The van der Waals surface area contributed by atoms with Crippen molar-refractivity contribution in [2.75, 3.05) is 40.6 Å². The van der Waals surface area contributed by atoms with Crippen molar-refractivity contribution in [3.8, 4) is 0 Å². The number of likely N-dealkylation sites (tertiary alicyclic amines) is 1. The average molecular weight is 603 g/mol. The lowest BCUT2D eigenvalue weighted by Crippen LogP contribution is -2.54. The zero-order chi connectivity index (χ0) is 30.7. The van der Waals surface area contributed by atoms with Crippen LogP contribution in [0.3, 0.4) is 0 Å². The highest BCUT2D eigenvalue weighted by molar-refractivity contribution is 5.92. The Morgan fingerprint density at radius 2 is 1.79 bits per heavy atom. The van der Waals surface area contributed by atoms with Gasteiger partial charge in [0.2, 0.25) is 0 Å². The Hall–Kier alpha value is -3.61. The first kappa shape index (κ1) is 30.8. The van der Waals surface area contributed by atoms with Gasteiger partial charge < -0.3 is 25.2 Å².